The normalized spacial score (nSPS) is 14.1. The van der Waals surface area contributed by atoms with Gasteiger partial charge in [0.25, 0.3) is 5.91 Å². The number of furan rings is 1. The third-order valence-corrected chi connectivity index (χ3v) is 4.95. The summed E-state index contributed by atoms with van der Waals surface area (Å²) < 4.78 is 11.0. The van der Waals surface area contributed by atoms with E-state index in [0.717, 1.165) is 29.9 Å². The number of halogens is 1. The van der Waals surface area contributed by atoms with Crippen molar-refractivity contribution in [1.29, 1.82) is 0 Å². The third-order valence-electron chi connectivity index (χ3n) is 4.44. The fraction of sp³-hybridized carbons (Fsp3) is 0.200. The van der Waals surface area contributed by atoms with Crippen LogP contribution in [-0.4, -0.2) is 37.3 Å². The summed E-state index contributed by atoms with van der Waals surface area (Å²) in [6.07, 6.45) is 0. The van der Waals surface area contributed by atoms with Crippen molar-refractivity contribution in [1.82, 2.24) is 5.32 Å². The molecule has 1 fully saturated rings. The summed E-state index contributed by atoms with van der Waals surface area (Å²) in [5, 5.41) is 7.37. The van der Waals surface area contributed by atoms with Crippen LogP contribution in [0.5, 0.6) is 0 Å². The summed E-state index contributed by atoms with van der Waals surface area (Å²) in [6, 6.07) is 14.6. The van der Waals surface area contributed by atoms with Crippen LogP contribution >= 0.6 is 23.8 Å². The number of morpholine rings is 1. The van der Waals surface area contributed by atoms with Gasteiger partial charge in [0, 0.05) is 18.5 Å². The first-order valence-corrected chi connectivity index (χ1v) is 9.62. The number of nitrogens with one attached hydrogen (secondary N) is 2. The predicted molar refractivity (Wildman–Crippen MR) is 114 cm³/mol. The lowest BCUT2D eigenvalue weighted by molar-refractivity contribution is 0.0953. The van der Waals surface area contributed by atoms with Crippen molar-refractivity contribution in [3.05, 3.63) is 59.3 Å². The minimum absolute atomic E-state index is 0.169. The molecule has 1 aromatic heterocycles. The molecule has 2 heterocycles. The van der Waals surface area contributed by atoms with Gasteiger partial charge < -0.3 is 19.4 Å². The Balaban J connectivity index is 1.49. The van der Waals surface area contributed by atoms with E-state index in [-0.39, 0.29) is 10.9 Å². The van der Waals surface area contributed by atoms with E-state index in [0.29, 0.717) is 23.8 Å². The van der Waals surface area contributed by atoms with Gasteiger partial charge in [0.1, 0.15) is 5.58 Å². The van der Waals surface area contributed by atoms with Gasteiger partial charge in [0.05, 0.1) is 29.6 Å². The van der Waals surface area contributed by atoms with Crippen LogP contribution < -0.4 is 15.5 Å². The number of rotatable bonds is 3. The Morgan fingerprint density at radius 2 is 1.89 bits per heavy atom. The Morgan fingerprint density at radius 1 is 1.11 bits per heavy atom. The number of benzene rings is 2. The molecule has 144 valence electrons. The van der Waals surface area contributed by atoms with Crippen molar-refractivity contribution < 1.29 is 13.9 Å². The monoisotopic (exact) mass is 415 g/mol. The Hall–Kier alpha value is -2.61. The highest BCUT2D eigenvalue weighted by Crippen LogP contribution is 2.34. The molecule has 1 aliphatic heterocycles. The molecule has 1 aliphatic rings. The molecular weight excluding hydrogens is 398 g/mol. The maximum absolute atomic E-state index is 12.5. The lowest BCUT2D eigenvalue weighted by atomic mass is 10.2. The summed E-state index contributed by atoms with van der Waals surface area (Å²) in [4.78, 5) is 14.6. The average Bonchev–Trinajstić information content (AvgIpc) is 3.13. The van der Waals surface area contributed by atoms with Crippen LogP contribution in [0.4, 0.5) is 11.4 Å². The number of ether oxygens (including phenoxy) is 1. The molecule has 2 N–H and O–H groups in total. The second kappa shape index (κ2) is 8.18. The minimum Gasteiger partial charge on any atom is -0.451 e. The minimum atomic E-state index is -0.413. The zero-order valence-electron chi connectivity index (χ0n) is 14.9. The van der Waals surface area contributed by atoms with Crippen LogP contribution in [-0.2, 0) is 4.74 Å². The van der Waals surface area contributed by atoms with Gasteiger partial charge in [-0.05, 0) is 36.5 Å². The highest BCUT2D eigenvalue weighted by Gasteiger charge is 2.19. The number of hydrogen-bond acceptors (Lipinski definition) is 5. The number of para-hydroxylation sites is 2. The van der Waals surface area contributed by atoms with Gasteiger partial charge in [-0.1, -0.05) is 35.9 Å². The topological polar surface area (TPSA) is 66.7 Å². The number of amides is 1. The van der Waals surface area contributed by atoms with E-state index in [9.17, 15) is 4.79 Å². The largest absolute Gasteiger partial charge is 0.451 e. The molecule has 2 aromatic carbocycles. The fourth-order valence-electron chi connectivity index (χ4n) is 3.14. The molecule has 1 amide bonds. The molecule has 0 aliphatic carbocycles. The van der Waals surface area contributed by atoms with Crippen LogP contribution in [0.2, 0.25) is 5.02 Å². The van der Waals surface area contributed by atoms with Crippen molar-refractivity contribution in [3.63, 3.8) is 0 Å². The van der Waals surface area contributed by atoms with Crippen LogP contribution in [0.25, 0.3) is 11.0 Å². The molecule has 28 heavy (non-hydrogen) atoms. The van der Waals surface area contributed by atoms with Gasteiger partial charge in [-0.2, -0.15) is 0 Å². The zero-order valence-corrected chi connectivity index (χ0v) is 16.5. The molecule has 0 bridgehead atoms. The van der Waals surface area contributed by atoms with Gasteiger partial charge >= 0.3 is 0 Å². The van der Waals surface area contributed by atoms with Crippen molar-refractivity contribution in [2.75, 3.05) is 36.5 Å². The van der Waals surface area contributed by atoms with Crippen molar-refractivity contribution >= 4 is 57.2 Å². The second-order valence-corrected chi connectivity index (χ2v) is 7.11. The van der Waals surface area contributed by atoms with Crippen molar-refractivity contribution in [2.24, 2.45) is 0 Å². The van der Waals surface area contributed by atoms with E-state index in [2.05, 4.69) is 15.5 Å². The van der Waals surface area contributed by atoms with E-state index in [1.807, 2.05) is 42.5 Å². The van der Waals surface area contributed by atoms with E-state index in [1.54, 1.807) is 6.07 Å². The molecule has 0 saturated carbocycles. The fourth-order valence-corrected chi connectivity index (χ4v) is 3.63. The first kappa shape index (κ1) is 18.7. The number of carbonyl (C=O) groups is 1. The number of thiocarbonyl (C=S) groups is 1. The van der Waals surface area contributed by atoms with E-state index < -0.39 is 5.91 Å². The predicted octanol–water partition coefficient (Wildman–Crippen LogP) is 4.05. The lowest BCUT2D eigenvalue weighted by Gasteiger charge is -2.31. The molecule has 4 rings (SSSR count). The van der Waals surface area contributed by atoms with Gasteiger partial charge in [-0.25, -0.2) is 0 Å². The van der Waals surface area contributed by atoms with Gasteiger partial charge in [0.2, 0.25) is 0 Å². The summed E-state index contributed by atoms with van der Waals surface area (Å²) in [5.41, 5.74) is 2.22. The summed E-state index contributed by atoms with van der Waals surface area (Å²) in [7, 11) is 0. The van der Waals surface area contributed by atoms with Crippen LogP contribution in [0.3, 0.4) is 0 Å². The SMILES string of the molecule is O=C(NC(=S)Nc1cccc(Cl)c1N1CCOCC1)c1cc2ccccc2o1. The van der Waals surface area contributed by atoms with Gasteiger partial charge in [0.15, 0.2) is 10.9 Å². The first-order chi connectivity index (χ1) is 13.6. The molecule has 1 saturated heterocycles. The molecule has 0 spiro atoms. The summed E-state index contributed by atoms with van der Waals surface area (Å²) in [6.45, 7) is 2.74. The third kappa shape index (κ3) is 3.96. The Kier molecular flexibility index (Phi) is 5.47. The number of carbonyl (C=O) groups excluding carboxylic acids is 1. The zero-order chi connectivity index (χ0) is 19.5. The quantitative estimate of drug-likeness (QED) is 0.629. The van der Waals surface area contributed by atoms with Crippen LogP contribution in [0.15, 0.2) is 52.9 Å². The Morgan fingerprint density at radius 3 is 2.68 bits per heavy atom. The van der Waals surface area contributed by atoms with E-state index in [1.165, 1.54) is 0 Å². The average molecular weight is 416 g/mol. The first-order valence-electron chi connectivity index (χ1n) is 8.84. The highest BCUT2D eigenvalue weighted by molar-refractivity contribution is 7.80. The van der Waals surface area contributed by atoms with E-state index >= 15 is 0 Å². The van der Waals surface area contributed by atoms with E-state index in [4.69, 9.17) is 33.0 Å². The Labute approximate surface area is 172 Å². The van der Waals surface area contributed by atoms with Crippen molar-refractivity contribution in [3.8, 4) is 0 Å². The molecule has 8 heteroatoms. The number of nitrogens with zero attached hydrogens (tertiary/aromatic N) is 1. The smallest absolute Gasteiger partial charge is 0.293 e. The van der Waals surface area contributed by atoms with Crippen LogP contribution in [0.1, 0.15) is 10.6 Å². The van der Waals surface area contributed by atoms with Crippen molar-refractivity contribution in [2.45, 2.75) is 0 Å². The molecule has 3 aromatic rings. The highest BCUT2D eigenvalue weighted by atomic mass is 35.5. The Bertz CT molecular complexity index is 997. The summed E-state index contributed by atoms with van der Waals surface area (Å²) in [5.74, 6) is -0.214. The second-order valence-electron chi connectivity index (χ2n) is 6.29. The lowest BCUT2D eigenvalue weighted by Crippen LogP contribution is -2.38. The summed E-state index contributed by atoms with van der Waals surface area (Å²) >= 11 is 11.8. The maximum Gasteiger partial charge on any atom is 0.293 e. The molecular formula is C20H18ClN3O3S. The standard InChI is InChI=1S/C20H18ClN3O3S/c21-14-5-3-6-15(18(14)24-8-10-26-11-9-24)22-20(28)23-19(25)17-12-13-4-1-2-7-16(13)27-17/h1-7,12H,8-11H2,(H2,22,23,25,28). The van der Waals surface area contributed by atoms with Crippen LogP contribution in [0, 0.1) is 0 Å². The van der Waals surface area contributed by atoms with Gasteiger partial charge in [-0.15, -0.1) is 0 Å². The molecule has 6 nitrogen and oxygen atoms in total. The number of fused-ring (bicyclic) bond motifs is 1. The maximum atomic E-state index is 12.5. The van der Waals surface area contributed by atoms with Gasteiger partial charge in [-0.3, -0.25) is 10.1 Å². The number of anilines is 2. The number of hydrogen-bond donors (Lipinski definition) is 2. The molecule has 0 atom stereocenters. The molecule has 0 radical (unpaired) electrons. The molecule has 0 unspecified atom stereocenters.